The lowest BCUT2D eigenvalue weighted by molar-refractivity contribution is -0.117. The fourth-order valence-corrected chi connectivity index (χ4v) is 2.02. The molecule has 2 rings (SSSR count). The first-order valence-corrected chi connectivity index (χ1v) is 5.99. The van der Waals surface area contributed by atoms with Gasteiger partial charge in [-0.15, -0.1) is 0 Å². The van der Waals surface area contributed by atoms with Crippen molar-refractivity contribution in [3.63, 3.8) is 0 Å². The first-order valence-electron chi connectivity index (χ1n) is 4.87. The van der Waals surface area contributed by atoms with Gasteiger partial charge in [-0.25, -0.2) is 0 Å². The Morgan fingerprint density at radius 2 is 2.33 bits per heavy atom. The number of anilines is 1. The Morgan fingerprint density at radius 1 is 1.53 bits per heavy atom. The normalized spacial score (nSPS) is 14.5. The molecule has 1 aromatic carbocycles. The average Bonchev–Trinajstić information content (AvgIpc) is 2.52. The zero-order valence-corrected chi connectivity index (χ0v) is 10.2. The van der Waals surface area contributed by atoms with E-state index in [9.17, 15) is 4.79 Å². The lowest BCUT2D eigenvalue weighted by Crippen LogP contribution is -2.20. The molecule has 1 amide bonds. The topological polar surface area (TPSA) is 32.3 Å². The summed E-state index contributed by atoms with van der Waals surface area (Å²) in [4.78, 5) is 13.2. The second-order valence-corrected chi connectivity index (χ2v) is 4.21. The molecule has 0 bridgehead atoms. The molecule has 1 aliphatic heterocycles. The Morgan fingerprint density at radius 3 is 3.07 bits per heavy atom. The molecule has 0 fully saturated rings. The highest BCUT2D eigenvalue weighted by Crippen LogP contribution is 2.28. The number of amides is 1. The predicted octanol–water partition coefficient (Wildman–Crippen LogP) is 1.65. The van der Waals surface area contributed by atoms with E-state index < -0.39 is 0 Å². The smallest absolute Gasteiger partial charge is 0.231 e. The van der Waals surface area contributed by atoms with E-state index in [0.29, 0.717) is 6.42 Å². The van der Waals surface area contributed by atoms with Crippen LogP contribution in [0.5, 0.6) is 0 Å². The van der Waals surface area contributed by atoms with Crippen LogP contribution in [0.25, 0.3) is 0 Å². The van der Waals surface area contributed by atoms with Gasteiger partial charge in [-0.2, -0.15) is 0 Å². The van der Waals surface area contributed by atoms with Crippen LogP contribution in [0.4, 0.5) is 5.69 Å². The SMILES string of the molecule is CN1C(=O)Cc2cc(CNCBr)ccc21. The molecular formula is C11H13BrN2O. The molecule has 0 atom stereocenters. The Hall–Kier alpha value is -0.870. The highest BCUT2D eigenvalue weighted by molar-refractivity contribution is 9.09. The zero-order valence-electron chi connectivity index (χ0n) is 8.59. The molecule has 1 aliphatic rings. The Labute approximate surface area is 97.6 Å². The molecule has 1 N–H and O–H groups in total. The largest absolute Gasteiger partial charge is 0.315 e. The third-order valence-corrected chi connectivity index (χ3v) is 3.04. The number of hydrogen-bond donors (Lipinski definition) is 1. The van der Waals surface area contributed by atoms with Crippen LogP contribution in [-0.4, -0.2) is 18.4 Å². The molecular weight excluding hydrogens is 256 g/mol. The molecule has 1 heterocycles. The molecule has 0 spiro atoms. The van der Waals surface area contributed by atoms with Gasteiger partial charge in [0.25, 0.3) is 0 Å². The third kappa shape index (κ3) is 2.06. The number of fused-ring (bicyclic) bond motifs is 1. The van der Waals surface area contributed by atoms with Gasteiger partial charge in [0.1, 0.15) is 0 Å². The monoisotopic (exact) mass is 268 g/mol. The van der Waals surface area contributed by atoms with Crippen LogP contribution in [-0.2, 0) is 17.8 Å². The number of rotatable bonds is 3. The minimum absolute atomic E-state index is 0.176. The van der Waals surface area contributed by atoms with Crippen LogP contribution >= 0.6 is 15.9 Å². The summed E-state index contributed by atoms with van der Waals surface area (Å²) in [5.41, 5.74) is 4.18. The van der Waals surface area contributed by atoms with E-state index in [4.69, 9.17) is 0 Å². The fourth-order valence-electron chi connectivity index (χ4n) is 1.83. The van der Waals surface area contributed by atoms with Gasteiger partial charge in [0.15, 0.2) is 0 Å². The van der Waals surface area contributed by atoms with Crippen LogP contribution in [0.2, 0.25) is 0 Å². The number of carbonyl (C=O) groups excluding carboxylic acids is 1. The van der Waals surface area contributed by atoms with Crippen molar-refractivity contribution in [2.45, 2.75) is 13.0 Å². The molecule has 0 saturated heterocycles. The molecule has 0 unspecified atom stereocenters. The molecule has 15 heavy (non-hydrogen) atoms. The van der Waals surface area contributed by atoms with Crippen molar-refractivity contribution >= 4 is 27.5 Å². The number of halogens is 1. The number of hydrogen-bond acceptors (Lipinski definition) is 2. The van der Waals surface area contributed by atoms with Gasteiger partial charge in [-0.05, 0) is 17.2 Å². The Balaban J connectivity index is 2.22. The molecule has 80 valence electrons. The quantitative estimate of drug-likeness (QED) is 0.668. The van der Waals surface area contributed by atoms with E-state index in [-0.39, 0.29) is 5.91 Å². The maximum atomic E-state index is 11.5. The second-order valence-electron chi connectivity index (χ2n) is 3.65. The van der Waals surface area contributed by atoms with Crippen molar-refractivity contribution in [1.29, 1.82) is 0 Å². The summed E-state index contributed by atoms with van der Waals surface area (Å²) in [6, 6.07) is 6.18. The van der Waals surface area contributed by atoms with Crippen LogP contribution in [0.1, 0.15) is 11.1 Å². The maximum Gasteiger partial charge on any atom is 0.231 e. The van der Waals surface area contributed by atoms with E-state index in [1.165, 1.54) is 5.56 Å². The standard InChI is InChI=1S/C11H13BrN2O/c1-14-10-3-2-8(6-13-7-12)4-9(10)5-11(14)15/h2-4,13H,5-7H2,1H3. The van der Waals surface area contributed by atoms with Crippen molar-refractivity contribution < 1.29 is 4.79 Å². The van der Waals surface area contributed by atoms with Crippen molar-refractivity contribution in [1.82, 2.24) is 5.32 Å². The number of carbonyl (C=O) groups is 1. The first-order chi connectivity index (χ1) is 7.22. The summed E-state index contributed by atoms with van der Waals surface area (Å²) < 4.78 is 0. The van der Waals surface area contributed by atoms with E-state index in [1.807, 2.05) is 13.1 Å². The van der Waals surface area contributed by atoms with Crippen molar-refractivity contribution in [3.05, 3.63) is 29.3 Å². The van der Waals surface area contributed by atoms with Crippen molar-refractivity contribution in [2.75, 3.05) is 17.4 Å². The second kappa shape index (κ2) is 4.33. The molecule has 0 aliphatic carbocycles. The predicted molar refractivity (Wildman–Crippen MR) is 64.2 cm³/mol. The molecule has 3 nitrogen and oxygen atoms in total. The number of nitrogens with one attached hydrogen (secondary N) is 1. The average molecular weight is 269 g/mol. The van der Waals surface area contributed by atoms with Crippen LogP contribution in [0.15, 0.2) is 18.2 Å². The summed E-state index contributed by atoms with van der Waals surface area (Å²) in [5, 5.41) is 3.20. The van der Waals surface area contributed by atoms with E-state index in [1.54, 1.807) is 4.90 Å². The number of nitrogens with zero attached hydrogens (tertiary/aromatic N) is 1. The minimum atomic E-state index is 0.176. The third-order valence-electron chi connectivity index (χ3n) is 2.64. The van der Waals surface area contributed by atoms with Gasteiger partial charge >= 0.3 is 0 Å². The van der Waals surface area contributed by atoms with Crippen molar-refractivity contribution in [2.24, 2.45) is 0 Å². The van der Waals surface area contributed by atoms with E-state index >= 15 is 0 Å². The summed E-state index contributed by atoms with van der Waals surface area (Å²) in [6.07, 6.45) is 0.536. The molecule has 1 aromatic rings. The summed E-state index contributed by atoms with van der Waals surface area (Å²) >= 11 is 3.31. The molecule has 0 saturated carbocycles. The van der Waals surface area contributed by atoms with Crippen molar-refractivity contribution in [3.8, 4) is 0 Å². The van der Waals surface area contributed by atoms with Gasteiger partial charge in [0.2, 0.25) is 5.91 Å². The minimum Gasteiger partial charge on any atom is -0.315 e. The van der Waals surface area contributed by atoms with Crippen LogP contribution in [0.3, 0.4) is 0 Å². The number of alkyl halides is 1. The highest BCUT2D eigenvalue weighted by Gasteiger charge is 2.23. The number of benzene rings is 1. The van der Waals surface area contributed by atoms with Gasteiger partial charge < -0.3 is 10.2 Å². The van der Waals surface area contributed by atoms with E-state index in [0.717, 1.165) is 23.2 Å². The zero-order chi connectivity index (χ0) is 10.8. The van der Waals surface area contributed by atoms with Gasteiger partial charge in [0.05, 0.1) is 11.9 Å². The summed E-state index contributed by atoms with van der Waals surface area (Å²) in [7, 11) is 1.82. The first kappa shape index (κ1) is 10.6. The summed E-state index contributed by atoms with van der Waals surface area (Å²) in [5.74, 6) is 0.176. The fraction of sp³-hybridized carbons (Fsp3) is 0.364. The van der Waals surface area contributed by atoms with Gasteiger partial charge in [-0.1, -0.05) is 28.1 Å². The summed E-state index contributed by atoms with van der Waals surface area (Å²) in [6.45, 7) is 0.830. The Bertz CT molecular complexity index is 392. The van der Waals surface area contributed by atoms with Crippen LogP contribution in [0, 0.1) is 0 Å². The highest BCUT2D eigenvalue weighted by atomic mass is 79.9. The van der Waals surface area contributed by atoms with Crippen LogP contribution < -0.4 is 10.2 Å². The molecule has 4 heteroatoms. The lowest BCUT2D eigenvalue weighted by Gasteiger charge is -2.10. The molecule has 0 aromatic heterocycles. The molecule has 0 radical (unpaired) electrons. The lowest BCUT2D eigenvalue weighted by atomic mass is 10.1. The Kier molecular flexibility index (Phi) is 3.07. The number of likely N-dealkylation sites (N-methyl/N-ethyl adjacent to an activating group) is 1. The maximum absolute atomic E-state index is 11.5. The van der Waals surface area contributed by atoms with Gasteiger partial charge in [-0.3, -0.25) is 4.79 Å². The van der Waals surface area contributed by atoms with E-state index in [2.05, 4.69) is 33.4 Å². The van der Waals surface area contributed by atoms with Gasteiger partial charge in [0, 0.05) is 19.3 Å².